The van der Waals surface area contributed by atoms with Crippen LogP contribution in [0, 0.1) is 29.4 Å². The minimum Gasteiger partial charge on any atom is -0.453 e. The summed E-state index contributed by atoms with van der Waals surface area (Å²) in [6.45, 7) is 7.03. The molecule has 1 fully saturated rings. The van der Waals surface area contributed by atoms with E-state index in [2.05, 4.69) is 27.0 Å². The zero-order valence-electron chi connectivity index (χ0n) is 27.5. The molecule has 0 spiro atoms. The van der Waals surface area contributed by atoms with E-state index in [1.807, 2.05) is 0 Å². The number of hydrogen-bond acceptors (Lipinski definition) is 8. The number of methoxy groups -OCH3 is 1. The molecule has 256 valence electrons. The number of rotatable bonds is 10. The molecule has 2 aromatic carbocycles. The van der Waals surface area contributed by atoms with Crippen molar-refractivity contribution in [2.75, 3.05) is 44.4 Å². The van der Waals surface area contributed by atoms with Gasteiger partial charge in [-0.15, -0.1) is 0 Å². The quantitative estimate of drug-likeness (QED) is 0.226. The number of amides is 1. The molecule has 0 bridgehead atoms. The molecule has 0 unspecified atom stereocenters. The number of pyridine rings is 1. The Morgan fingerprint density at radius 3 is 2.49 bits per heavy atom. The highest BCUT2D eigenvalue weighted by atomic mass is 19.1. The van der Waals surface area contributed by atoms with Crippen molar-refractivity contribution in [2.24, 2.45) is 5.92 Å². The van der Waals surface area contributed by atoms with Gasteiger partial charge in [-0.1, -0.05) is 11.8 Å². The largest absolute Gasteiger partial charge is 0.453 e. The second kappa shape index (κ2) is 15.7. The van der Waals surface area contributed by atoms with Gasteiger partial charge < -0.3 is 25.4 Å². The second-order valence-corrected chi connectivity index (χ2v) is 12.0. The number of likely N-dealkylation sites (tertiary alicyclic amines) is 1. The molecule has 0 saturated carbocycles. The summed E-state index contributed by atoms with van der Waals surface area (Å²) < 4.78 is 41.9. The number of carbonyl (C=O) groups excluding carboxylic acids is 1. The third kappa shape index (κ3) is 8.40. The van der Waals surface area contributed by atoms with Gasteiger partial charge in [-0.25, -0.2) is 23.1 Å². The van der Waals surface area contributed by atoms with Crippen molar-refractivity contribution in [1.29, 1.82) is 0 Å². The number of benzene rings is 2. The van der Waals surface area contributed by atoms with Crippen LogP contribution in [-0.2, 0) is 4.74 Å². The number of nitrogens with one attached hydrogen (secondary N) is 1. The van der Waals surface area contributed by atoms with E-state index in [1.165, 1.54) is 35.0 Å². The molecule has 49 heavy (non-hydrogen) atoms. The lowest BCUT2D eigenvalue weighted by Gasteiger charge is -2.30. The van der Waals surface area contributed by atoms with E-state index in [0.29, 0.717) is 24.5 Å². The van der Waals surface area contributed by atoms with Crippen molar-refractivity contribution in [1.82, 2.24) is 19.0 Å². The van der Waals surface area contributed by atoms with Gasteiger partial charge in [0.05, 0.1) is 12.3 Å². The van der Waals surface area contributed by atoms with E-state index in [-0.39, 0.29) is 34.3 Å². The number of anilines is 2. The van der Waals surface area contributed by atoms with E-state index >= 15 is 4.39 Å². The third-order valence-electron chi connectivity index (χ3n) is 8.27. The summed E-state index contributed by atoms with van der Waals surface area (Å²) in [5.41, 5.74) is 4.60. The maximum atomic E-state index is 15.3. The molecule has 0 atom stereocenters. The summed E-state index contributed by atoms with van der Waals surface area (Å²) in [5, 5.41) is 2.51. The Balaban J connectivity index is 1.31. The summed E-state index contributed by atoms with van der Waals surface area (Å²) >= 11 is 0. The van der Waals surface area contributed by atoms with E-state index in [0.717, 1.165) is 61.4 Å². The van der Waals surface area contributed by atoms with Crippen LogP contribution < -0.4 is 27.0 Å². The van der Waals surface area contributed by atoms with Crippen molar-refractivity contribution in [3.63, 3.8) is 0 Å². The molecule has 2 aromatic heterocycles. The molecule has 4 aromatic rings. The normalized spacial score (nSPS) is 13.6. The molecule has 5 rings (SSSR count). The SMILES string of the molecule is COCCN1CCC(CC#Cc2c(Oc3ccc(NC(=O)c4cn(C(C)C)c(=O)n(-c5ccc(F)cc5)c4=O)cc3F)ccnc2N)CC1. The fourth-order valence-corrected chi connectivity index (χ4v) is 5.48. The number of hydrogen-bond donors (Lipinski definition) is 2. The van der Waals surface area contributed by atoms with Crippen LogP contribution in [0.2, 0.25) is 0 Å². The van der Waals surface area contributed by atoms with E-state index in [4.69, 9.17) is 15.2 Å². The van der Waals surface area contributed by atoms with Crippen LogP contribution in [0.3, 0.4) is 0 Å². The number of halogens is 2. The summed E-state index contributed by atoms with van der Waals surface area (Å²) in [7, 11) is 1.70. The van der Waals surface area contributed by atoms with Gasteiger partial charge in [-0.2, -0.15) is 0 Å². The van der Waals surface area contributed by atoms with Gasteiger partial charge in [0.1, 0.15) is 28.5 Å². The van der Waals surface area contributed by atoms with Gasteiger partial charge in [-0.05, 0) is 82.1 Å². The number of piperidine rings is 1. The summed E-state index contributed by atoms with van der Waals surface area (Å²) in [5.74, 6) is 4.70. The zero-order chi connectivity index (χ0) is 35.1. The number of nitrogens with zero attached hydrogens (tertiary/aromatic N) is 4. The molecule has 3 N–H and O–H groups in total. The Kier molecular flexibility index (Phi) is 11.2. The van der Waals surface area contributed by atoms with Crippen LogP contribution in [-0.4, -0.2) is 58.3 Å². The summed E-state index contributed by atoms with van der Waals surface area (Å²) in [4.78, 5) is 46.2. The fraction of sp³-hybridized carbons (Fsp3) is 0.333. The van der Waals surface area contributed by atoms with Crippen molar-refractivity contribution in [3.05, 3.63) is 105 Å². The van der Waals surface area contributed by atoms with E-state index in [9.17, 15) is 18.8 Å². The highest BCUT2D eigenvalue weighted by Crippen LogP contribution is 2.31. The Hall–Kier alpha value is -5.32. The standard InChI is InChI=1S/C36H38F2N6O5/c1-23(2)43-22-29(35(46)44(36(43)47)27-10-7-25(37)8-11-27)34(45)41-26-9-12-32(30(38)21-26)49-31-13-16-40-33(39)28(31)6-4-5-24-14-17-42(18-15-24)19-20-48-3/h7-13,16,21-24H,5,14-15,17-20H2,1-3H3,(H2,39,40)(H,41,45). The average molecular weight is 673 g/mol. The van der Waals surface area contributed by atoms with Crippen LogP contribution in [0.1, 0.15) is 55.1 Å². The van der Waals surface area contributed by atoms with Gasteiger partial charge >= 0.3 is 5.69 Å². The van der Waals surface area contributed by atoms with Gasteiger partial charge in [0.25, 0.3) is 11.5 Å². The molecular weight excluding hydrogens is 634 g/mol. The minimum atomic E-state index is -0.914. The molecule has 13 heteroatoms. The second-order valence-electron chi connectivity index (χ2n) is 12.0. The molecule has 1 aliphatic rings. The molecular formula is C36H38F2N6O5. The smallest absolute Gasteiger partial charge is 0.335 e. The lowest BCUT2D eigenvalue weighted by Crippen LogP contribution is -2.42. The summed E-state index contributed by atoms with van der Waals surface area (Å²) in [6, 6.07) is 9.63. The highest BCUT2D eigenvalue weighted by molar-refractivity contribution is 6.03. The maximum absolute atomic E-state index is 15.3. The number of carbonyl (C=O) groups is 1. The fourth-order valence-electron chi connectivity index (χ4n) is 5.48. The Labute approximate surface area is 282 Å². The van der Waals surface area contributed by atoms with Crippen LogP contribution in [0.15, 0.2) is 70.5 Å². The number of nitrogen functional groups attached to an aromatic ring is 1. The van der Waals surface area contributed by atoms with E-state index < -0.39 is 34.8 Å². The van der Waals surface area contributed by atoms with Crippen LogP contribution in [0.25, 0.3) is 5.69 Å². The van der Waals surface area contributed by atoms with Crippen molar-refractivity contribution < 1.29 is 23.0 Å². The predicted molar refractivity (Wildman–Crippen MR) is 182 cm³/mol. The first-order chi connectivity index (χ1) is 23.5. The highest BCUT2D eigenvalue weighted by Gasteiger charge is 2.21. The number of aromatic nitrogens is 3. The molecule has 3 heterocycles. The molecule has 0 radical (unpaired) electrons. The van der Waals surface area contributed by atoms with Crippen LogP contribution >= 0.6 is 0 Å². The molecule has 1 aliphatic heterocycles. The maximum Gasteiger partial charge on any atom is 0.335 e. The van der Waals surface area contributed by atoms with Crippen molar-refractivity contribution in [2.45, 2.75) is 39.2 Å². The first-order valence-corrected chi connectivity index (χ1v) is 15.9. The third-order valence-corrected chi connectivity index (χ3v) is 8.27. The lowest BCUT2D eigenvalue weighted by molar-refractivity contribution is 0.102. The topological polar surface area (TPSA) is 134 Å². The molecule has 11 nitrogen and oxygen atoms in total. The molecule has 0 aliphatic carbocycles. The number of nitrogens with two attached hydrogens (primary N) is 1. The van der Waals surface area contributed by atoms with Crippen molar-refractivity contribution in [3.8, 4) is 29.0 Å². The Morgan fingerprint density at radius 2 is 1.82 bits per heavy atom. The van der Waals surface area contributed by atoms with Gasteiger partial charge in [-0.3, -0.25) is 14.2 Å². The average Bonchev–Trinajstić information content (AvgIpc) is 3.07. The van der Waals surface area contributed by atoms with E-state index in [1.54, 1.807) is 27.0 Å². The molecule has 1 amide bonds. The van der Waals surface area contributed by atoms with Crippen molar-refractivity contribution >= 4 is 17.4 Å². The van der Waals surface area contributed by atoms with Crippen LogP contribution in [0.4, 0.5) is 20.3 Å². The molecule has 1 saturated heterocycles. The zero-order valence-corrected chi connectivity index (χ0v) is 27.5. The van der Waals surface area contributed by atoms with Crippen LogP contribution in [0.5, 0.6) is 11.5 Å². The first-order valence-electron chi connectivity index (χ1n) is 15.9. The van der Waals surface area contributed by atoms with Gasteiger partial charge in [0.2, 0.25) is 0 Å². The summed E-state index contributed by atoms with van der Waals surface area (Å²) in [6.07, 6.45) is 5.33. The number of ether oxygens (including phenoxy) is 2. The Morgan fingerprint density at radius 1 is 1.08 bits per heavy atom. The minimum absolute atomic E-state index is 0.0346. The lowest BCUT2D eigenvalue weighted by atomic mass is 9.94. The van der Waals surface area contributed by atoms with Gasteiger partial charge in [0, 0.05) is 56.3 Å². The monoisotopic (exact) mass is 672 g/mol. The van der Waals surface area contributed by atoms with Gasteiger partial charge in [0.15, 0.2) is 11.6 Å². The first kappa shape index (κ1) is 35.0. The predicted octanol–water partition coefficient (Wildman–Crippen LogP) is 4.98. The Bertz CT molecular complexity index is 1990.